The summed E-state index contributed by atoms with van der Waals surface area (Å²) in [5.41, 5.74) is 0. The van der Waals surface area contributed by atoms with Gasteiger partial charge in [0.15, 0.2) is 0 Å². The van der Waals surface area contributed by atoms with E-state index in [1.165, 1.54) is 0 Å². The molecule has 0 saturated heterocycles. The molecule has 1 nitrogen and oxygen atoms in total. The van der Waals surface area contributed by atoms with Crippen LogP contribution in [-0.2, 0) is 0 Å². The fourth-order valence-corrected chi connectivity index (χ4v) is 0. The first-order valence-corrected chi connectivity index (χ1v) is 2.54. The summed E-state index contributed by atoms with van der Waals surface area (Å²) in [6, 6.07) is 0. The summed E-state index contributed by atoms with van der Waals surface area (Å²) < 4.78 is 49.2. The van der Waals surface area contributed by atoms with Crippen molar-refractivity contribution in [1.82, 2.24) is 6.15 Å². The van der Waals surface area contributed by atoms with Crippen molar-refractivity contribution in [2.75, 3.05) is 0 Å². The monoisotopic (exact) mass is 163 g/mol. The summed E-state index contributed by atoms with van der Waals surface area (Å²) in [6.07, 6.45) is 0. The van der Waals surface area contributed by atoms with Crippen molar-refractivity contribution in [3.63, 3.8) is 0 Å². The minimum Gasteiger partial charge on any atom is -1.00 e. The van der Waals surface area contributed by atoms with E-state index in [1.54, 1.807) is 0 Å². The van der Waals surface area contributed by atoms with Crippen LogP contribution in [-0.4, -0.2) is 0 Å². The second-order valence-corrected chi connectivity index (χ2v) is 1.92. The van der Waals surface area contributed by atoms with E-state index >= 15 is 0 Å². The predicted octanol–water partition coefficient (Wildman–Crippen LogP) is 0.342. The van der Waals surface area contributed by atoms with E-state index in [1.807, 2.05) is 0 Å². The molecule has 0 fully saturated rings. The van der Waals surface area contributed by atoms with Gasteiger partial charge in [-0.1, -0.05) is 0 Å². The molecule has 0 unspecified atom stereocenters. The zero-order valence-electron chi connectivity index (χ0n) is 3.72. The van der Waals surface area contributed by atoms with Gasteiger partial charge in [0, 0.05) is 0 Å². The van der Waals surface area contributed by atoms with Crippen molar-refractivity contribution in [3.8, 4) is 0 Å². The van der Waals surface area contributed by atoms with E-state index in [2.05, 4.69) is 0 Å². The van der Waals surface area contributed by atoms with Gasteiger partial charge in [0.2, 0.25) is 0 Å². The van der Waals surface area contributed by atoms with Crippen LogP contribution < -0.4 is 10.9 Å². The molecule has 8 heavy (non-hydrogen) atoms. The van der Waals surface area contributed by atoms with Crippen molar-refractivity contribution >= 4 is 8.16 Å². The Bertz CT molecular complexity index is 41.7. The van der Waals surface area contributed by atoms with Crippen LogP contribution in [0.1, 0.15) is 0 Å². The molecule has 0 saturated carbocycles. The predicted molar refractivity (Wildman–Crippen MR) is 18.4 cm³/mol. The van der Waals surface area contributed by atoms with Crippen LogP contribution in [0.15, 0.2) is 0 Å². The fourth-order valence-electron chi connectivity index (χ4n) is 0. The minimum atomic E-state index is -8.55. The first-order valence-electron chi connectivity index (χ1n) is 0.845. The molecule has 0 aliphatic rings. The molecule has 0 heterocycles. The molecule has 0 aromatic rings. The van der Waals surface area contributed by atoms with E-state index < -0.39 is 8.16 Å². The molecule has 0 amide bonds. The largest absolute Gasteiger partial charge is 1.00 e. The molecule has 0 radical (unpaired) electrons. The van der Waals surface area contributed by atoms with Gasteiger partial charge in [-0.15, -0.1) is 0 Å². The van der Waals surface area contributed by atoms with Gasteiger partial charge >= 0.3 is 29.1 Å². The van der Waals surface area contributed by atoms with Crippen molar-refractivity contribution in [1.29, 1.82) is 0 Å². The number of quaternary nitrogens is 1. The van der Waals surface area contributed by atoms with E-state index in [-0.39, 0.29) is 10.9 Å². The SMILES string of the molecule is FP(F)(F)(F)F.[F-].[NH4+]. The van der Waals surface area contributed by atoms with Crippen LogP contribution in [0.4, 0.5) is 21.0 Å². The molecule has 0 aromatic heterocycles. The van der Waals surface area contributed by atoms with Gasteiger partial charge in [0.05, 0.1) is 0 Å². The minimum absolute atomic E-state index is 0. The molecule has 4 N–H and O–H groups in total. The van der Waals surface area contributed by atoms with Gasteiger partial charge in [-0.3, -0.25) is 0 Å². The Hall–Kier alpha value is -0.0300. The topological polar surface area (TPSA) is 36.5 Å². The Balaban J connectivity index is -0.000000125. The van der Waals surface area contributed by atoms with Crippen LogP contribution in [0, 0.1) is 0 Å². The zero-order valence-corrected chi connectivity index (χ0v) is 4.61. The van der Waals surface area contributed by atoms with Gasteiger partial charge < -0.3 is 10.9 Å². The maximum atomic E-state index is 9.84. The molecule has 0 rings (SSSR count). The van der Waals surface area contributed by atoms with Gasteiger partial charge in [-0.25, -0.2) is 0 Å². The summed E-state index contributed by atoms with van der Waals surface area (Å²) in [7, 11) is -8.55. The van der Waals surface area contributed by atoms with Gasteiger partial charge in [0.25, 0.3) is 0 Å². The summed E-state index contributed by atoms with van der Waals surface area (Å²) >= 11 is 0. The Labute approximate surface area is 41.3 Å². The second kappa shape index (κ2) is 2.50. The fraction of sp³-hybridized carbons (Fsp3) is 0. The number of hydrogen-bond donors (Lipinski definition) is 1. The van der Waals surface area contributed by atoms with Crippen LogP contribution in [0.25, 0.3) is 0 Å². The molecule has 0 aliphatic carbocycles. The van der Waals surface area contributed by atoms with Crippen LogP contribution in [0.3, 0.4) is 0 Å². The van der Waals surface area contributed by atoms with Gasteiger partial charge in [-0.05, 0) is 0 Å². The van der Waals surface area contributed by atoms with E-state index in [0.29, 0.717) is 0 Å². The number of hydrogen-bond acceptors (Lipinski definition) is 0. The summed E-state index contributed by atoms with van der Waals surface area (Å²) in [6.45, 7) is 0. The third-order valence-corrected chi connectivity index (χ3v) is 0. The van der Waals surface area contributed by atoms with E-state index in [0.717, 1.165) is 0 Å². The maximum absolute atomic E-state index is 9.84. The molecule has 56 valence electrons. The van der Waals surface area contributed by atoms with Crippen molar-refractivity contribution in [2.24, 2.45) is 0 Å². The Kier molecular flexibility index (Phi) is 4.90. The molecule has 0 aliphatic heterocycles. The van der Waals surface area contributed by atoms with Crippen molar-refractivity contribution in [3.05, 3.63) is 0 Å². The normalized spacial score (nSPS) is 14.4. The Morgan fingerprint density at radius 1 is 0.750 bits per heavy atom. The average Bonchev–Trinajstić information content (AvgIpc) is 0.650. The summed E-state index contributed by atoms with van der Waals surface area (Å²) in [5.74, 6) is 0. The molecule has 0 atom stereocenters. The van der Waals surface area contributed by atoms with Gasteiger partial charge in [-0.2, -0.15) is 0 Å². The van der Waals surface area contributed by atoms with Crippen LogP contribution in [0.5, 0.6) is 0 Å². The molecular formula is H4F6NP. The quantitative estimate of drug-likeness (QED) is 0.395. The first-order chi connectivity index (χ1) is 2.24. The first kappa shape index (κ1) is 15.7. The number of halogens is 6. The van der Waals surface area contributed by atoms with Crippen LogP contribution >= 0.6 is 8.16 Å². The molecule has 8 heteroatoms. The Morgan fingerprint density at radius 3 is 0.750 bits per heavy atom. The molecular weight excluding hydrogens is 159 g/mol. The van der Waals surface area contributed by atoms with Crippen LogP contribution in [0.2, 0.25) is 0 Å². The summed E-state index contributed by atoms with van der Waals surface area (Å²) in [4.78, 5) is 0. The van der Waals surface area contributed by atoms with Crippen molar-refractivity contribution < 1.29 is 25.7 Å². The zero-order chi connectivity index (χ0) is 5.45. The standard InChI is InChI=1S/F5P.FH.H3N/c1-6(2,3,4)5;;/h;1H;1H3. The summed E-state index contributed by atoms with van der Waals surface area (Å²) in [5, 5.41) is 0. The van der Waals surface area contributed by atoms with Gasteiger partial charge in [0.1, 0.15) is 0 Å². The Morgan fingerprint density at radius 2 is 0.750 bits per heavy atom. The molecule has 0 bridgehead atoms. The maximum Gasteiger partial charge on any atom is -0.369 e. The average molecular weight is 163 g/mol. The number of rotatable bonds is 0. The molecule has 0 spiro atoms. The van der Waals surface area contributed by atoms with E-state index in [4.69, 9.17) is 0 Å². The smallest absolute Gasteiger partial charge is 0.369 e. The molecule has 0 aromatic carbocycles. The third kappa shape index (κ3) is 164000. The third-order valence-electron chi connectivity index (χ3n) is 0. The van der Waals surface area contributed by atoms with Crippen molar-refractivity contribution in [2.45, 2.75) is 0 Å². The van der Waals surface area contributed by atoms with E-state index in [9.17, 15) is 21.0 Å². The second-order valence-electron chi connectivity index (χ2n) is 0.639.